The highest BCUT2D eigenvalue weighted by Gasteiger charge is 2.18. The molecule has 0 unspecified atom stereocenters. The first-order valence-electron chi connectivity index (χ1n) is 8.23. The fourth-order valence-corrected chi connectivity index (χ4v) is 3.65. The molecular weight excluding hydrogens is 357 g/mol. The van der Waals surface area contributed by atoms with Crippen LogP contribution in [-0.4, -0.2) is 45.2 Å². The molecule has 0 aliphatic carbocycles. The van der Waals surface area contributed by atoms with Crippen molar-refractivity contribution in [3.05, 3.63) is 65.5 Å². The summed E-state index contributed by atoms with van der Waals surface area (Å²) in [6.07, 6.45) is 0. The van der Waals surface area contributed by atoms with Crippen LogP contribution in [0.5, 0.6) is 0 Å². The number of amides is 1. The van der Waals surface area contributed by atoms with Crippen molar-refractivity contribution in [1.29, 1.82) is 0 Å². The van der Waals surface area contributed by atoms with Gasteiger partial charge in [-0.15, -0.1) is 0 Å². The summed E-state index contributed by atoms with van der Waals surface area (Å²) in [5, 5.41) is 0. The summed E-state index contributed by atoms with van der Waals surface area (Å²) in [6, 6.07) is 11.9. The van der Waals surface area contributed by atoms with Gasteiger partial charge in [0.25, 0.3) is 5.91 Å². The molecule has 0 bridgehead atoms. The third-order valence-corrected chi connectivity index (χ3v) is 5.64. The van der Waals surface area contributed by atoms with E-state index in [0.29, 0.717) is 17.7 Å². The second kappa shape index (κ2) is 8.91. The molecule has 0 aromatic heterocycles. The summed E-state index contributed by atoms with van der Waals surface area (Å²) < 4.78 is 42.4. The molecule has 0 N–H and O–H groups in total. The van der Waals surface area contributed by atoms with Crippen LogP contribution >= 0.6 is 0 Å². The summed E-state index contributed by atoms with van der Waals surface area (Å²) in [7, 11) is -2.00. The number of hydrogen-bond acceptors (Lipinski definition) is 4. The molecule has 5 nitrogen and oxygen atoms in total. The van der Waals surface area contributed by atoms with Crippen molar-refractivity contribution in [2.75, 3.05) is 26.0 Å². The number of methoxy groups -OCH3 is 1. The summed E-state index contributed by atoms with van der Waals surface area (Å²) in [5.41, 5.74) is 1.08. The van der Waals surface area contributed by atoms with Crippen LogP contribution in [0.3, 0.4) is 0 Å². The standard InChI is InChI=1S/C19H22FNO4S/c1-3-21(14-15-5-4-6-17(20)13-15)19(22)16-7-9-18(10-8-16)26(23,24)12-11-25-2/h4-10,13H,3,11-12,14H2,1-2H3. The fraction of sp³-hybridized carbons (Fsp3) is 0.316. The largest absolute Gasteiger partial charge is 0.384 e. The minimum atomic E-state index is -3.44. The molecule has 26 heavy (non-hydrogen) atoms. The van der Waals surface area contributed by atoms with Crippen molar-refractivity contribution in [1.82, 2.24) is 4.90 Å². The molecule has 0 aliphatic heterocycles. The van der Waals surface area contributed by atoms with E-state index in [1.807, 2.05) is 6.92 Å². The number of halogens is 1. The van der Waals surface area contributed by atoms with Crippen LogP contribution in [0.25, 0.3) is 0 Å². The number of carbonyl (C=O) groups excluding carboxylic acids is 1. The van der Waals surface area contributed by atoms with Crippen LogP contribution in [0.2, 0.25) is 0 Å². The Hall–Kier alpha value is -2.25. The number of nitrogens with zero attached hydrogens (tertiary/aromatic N) is 1. The number of hydrogen-bond donors (Lipinski definition) is 0. The molecule has 0 saturated carbocycles. The van der Waals surface area contributed by atoms with Gasteiger partial charge < -0.3 is 9.64 Å². The molecule has 0 fully saturated rings. The highest BCUT2D eigenvalue weighted by molar-refractivity contribution is 7.91. The lowest BCUT2D eigenvalue weighted by Gasteiger charge is -2.21. The normalized spacial score (nSPS) is 11.3. The van der Waals surface area contributed by atoms with Gasteiger partial charge in [-0.25, -0.2) is 12.8 Å². The Bertz CT molecular complexity index is 850. The van der Waals surface area contributed by atoms with Crippen LogP contribution in [0.15, 0.2) is 53.4 Å². The summed E-state index contributed by atoms with van der Waals surface area (Å²) >= 11 is 0. The van der Waals surface area contributed by atoms with Crippen molar-refractivity contribution in [3.63, 3.8) is 0 Å². The van der Waals surface area contributed by atoms with E-state index in [4.69, 9.17) is 4.74 Å². The van der Waals surface area contributed by atoms with Gasteiger partial charge in [0, 0.05) is 25.8 Å². The minimum Gasteiger partial charge on any atom is -0.384 e. The first-order valence-corrected chi connectivity index (χ1v) is 9.88. The van der Waals surface area contributed by atoms with Crippen molar-refractivity contribution in [3.8, 4) is 0 Å². The number of carbonyl (C=O) groups is 1. The lowest BCUT2D eigenvalue weighted by molar-refractivity contribution is 0.0752. The average Bonchev–Trinajstić information content (AvgIpc) is 2.64. The molecule has 7 heteroatoms. The average molecular weight is 379 g/mol. The lowest BCUT2D eigenvalue weighted by Crippen LogP contribution is -2.30. The van der Waals surface area contributed by atoms with Crippen molar-refractivity contribution in [2.24, 2.45) is 0 Å². The quantitative estimate of drug-likeness (QED) is 0.707. The molecule has 2 aromatic rings. The van der Waals surface area contributed by atoms with Gasteiger partial charge in [0.05, 0.1) is 17.3 Å². The zero-order valence-electron chi connectivity index (χ0n) is 14.8. The molecule has 1 amide bonds. The SMILES string of the molecule is CCN(Cc1cccc(F)c1)C(=O)c1ccc(S(=O)(=O)CCOC)cc1. The Balaban J connectivity index is 2.14. The maximum Gasteiger partial charge on any atom is 0.254 e. The van der Waals surface area contributed by atoms with E-state index in [0.717, 1.165) is 0 Å². The van der Waals surface area contributed by atoms with Crippen molar-refractivity contribution < 1.29 is 22.3 Å². The first-order chi connectivity index (χ1) is 12.4. The molecule has 0 aliphatic rings. The molecule has 0 saturated heterocycles. The van der Waals surface area contributed by atoms with Gasteiger partial charge in [-0.3, -0.25) is 4.79 Å². The topological polar surface area (TPSA) is 63.7 Å². The van der Waals surface area contributed by atoms with Gasteiger partial charge in [0.1, 0.15) is 5.82 Å². The maximum absolute atomic E-state index is 13.3. The monoisotopic (exact) mass is 379 g/mol. The third-order valence-electron chi connectivity index (χ3n) is 3.95. The Morgan fingerprint density at radius 3 is 2.42 bits per heavy atom. The van der Waals surface area contributed by atoms with E-state index < -0.39 is 9.84 Å². The molecule has 2 aromatic carbocycles. The van der Waals surface area contributed by atoms with E-state index in [2.05, 4.69) is 0 Å². The van der Waals surface area contributed by atoms with E-state index in [1.165, 1.54) is 43.5 Å². The van der Waals surface area contributed by atoms with Gasteiger partial charge in [0.15, 0.2) is 9.84 Å². The smallest absolute Gasteiger partial charge is 0.254 e. The molecular formula is C19H22FNO4S. The summed E-state index contributed by atoms with van der Waals surface area (Å²) in [6.45, 7) is 2.67. The van der Waals surface area contributed by atoms with Crippen LogP contribution in [0.4, 0.5) is 4.39 Å². The summed E-state index contributed by atoms with van der Waals surface area (Å²) in [4.78, 5) is 14.4. The summed E-state index contributed by atoms with van der Waals surface area (Å²) in [5.74, 6) is -0.702. The Morgan fingerprint density at radius 1 is 1.15 bits per heavy atom. The molecule has 0 heterocycles. The van der Waals surface area contributed by atoms with E-state index >= 15 is 0 Å². The van der Waals surface area contributed by atoms with Crippen LogP contribution in [0, 0.1) is 5.82 Å². The molecule has 0 atom stereocenters. The first kappa shape index (κ1) is 20.1. The van der Waals surface area contributed by atoms with Crippen LogP contribution < -0.4 is 0 Å². The molecule has 0 spiro atoms. The van der Waals surface area contributed by atoms with Gasteiger partial charge in [-0.1, -0.05) is 12.1 Å². The van der Waals surface area contributed by atoms with Gasteiger partial charge >= 0.3 is 0 Å². The van der Waals surface area contributed by atoms with Gasteiger partial charge in [-0.2, -0.15) is 0 Å². The molecule has 0 radical (unpaired) electrons. The zero-order valence-corrected chi connectivity index (χ0v) is 15.6. The minimum absolute atomic E-state index is 0.111. The highest BCUT2D eigenvalue weighted by Crippen LogP contribution is 2.15. The zero-order chi connectivity index (χ0) is 19.2. The second-order valence-corrected chi connectivity index (χ2v) is 7.89. The van der Waals surface area contributed by atoms with Crippen molar-refractivity contribution in [2.45, 2.75) is 18.4 Å². The van der Waals surface area contributed by atoms with Gasteiger partial charge in [0.2, 0.25) is 0 Å². The Kier molecular flexibility index (Phi) is 6.88. The Morgan fingerprint density at radius 2 is 1.85 bits per heavy atom. The number of rotatable bonds is 8. The van der Waals surface area contributed by atoms with Crippen LogP contribution in [0.1, 0.15) is 22.8 Å². The predicted molar refractivity (Wildman–Crippen MR) is 97.2 cm³/mol. The van der Waals surface area contributed by atoms with Gasteiger partial charge in [-0.05, 0) is 48.9 Å². The maximum atomic E-state index is 13.3. The fourth-order valence-electron chi connectivity index (χ4n) is 2.48. The highest BCUT2D eigenvalue weighted by atomic mass is 32.2. The molecule has 140 valence electrons. The lowest BCUT2D eigenvalue weighted by atomic mass is 10.1. The number of benzene rings is 2. The molecule has 2 rings (SSSR count). The third kappa shape index (κ3) is 5.12. The number of sulfone groups is 1. The van der Waals surface area contributed by atoms with E-state index in [-0.39, 0.29) is 35.5 Å². The van der Waals surface area contributed by atoms with Crippen LogP contribution in [-0.2, 0) is 21.1 Å². The Labute approximate surface area is 153 Å². The van der Waals surface area contributed by atoms with E-state index in [9.17, 15) is 17.6 Å². The number of ether oxygens (including phenoxy) is 1. The second-order valence-electron chi connectivity index (χ2n) is 5.79. The predicted octanol–water partition coefficient (Wildman–Crippen LogP) is 2.91. The van der Waals surface area contributed by atoms with Crippen molar-refractivity contribution >= 4 is 15.7 Å². The van der Waals surface area contributed by atoms with E-state index in [1.54, 1.807) is 17.0 Å².